The molecule has 0 saturated carbocycles. The van der Waals surface area contributed by atoms with Gasteiger partial charge in [-0.1, -0.05) is 36.4 Å². The Morgan fingerprint density at radius 3 is 2.72 bits per heavy atom. The molecule has 1 aromatic carbocycles. The lowest BCUT2D eigenvalue weighted by molar-refractivity contribution is -0.126. The molecule has 0 aliphatic carbocycles. The molecule has 3 rings (SSSR count). The Morgan fingerprint density at radius 2 is 2.04 bits per heavy atom. The molecule has 1 aliphatic rings. The minimum absolute atomic E-state index is 0.213. The van der Waals surface area contributed by atoms with Crippen molar-refractivity contribution in [3.8, 4) is 0 Å². The first-order chi connectivity index (χ1) is 12.2. The number of thiophene rings is 1. The molecule has 2 N–H and O–H groups in total. The molecular formula is C19H23N3O2S. The average molecular weight is 357 g/mol. The van der Waals surface area contributed by atoms with Gasteiger partial charge in [0.2, 0.25) is 5.91 Å². The van der Waals surface area contributed by atoms with Crippen LogP contribution in [0.4, 0.5) is 4.79 Å². The predicted octanol–water partition coefficient (Wildman–Crippen LogP) is 3.47. The summed E-state index contributed by atoms with van der Waals surface area (Å²) in [6.07, 6.45) is 2.07. The fraction of sp³-hybridized carbons (Fsp3) is 0.368. The highest BCUT2D eigenvalue weighted by Gasteiger charge is 2.37. The molecule has 2 aromatic rings. The van der Waals surface area contributed by atoms with Crippen molar-refractivity contribution >= 4 is 23.3 Å². The maximum Gasteiger partial charge on any atom is 0.321 e. The topological polar surface area (TPSA) is 61.4 Å². The Bertz CT molecular complexity index is 703. The van der Waals surface area contributed by atoms with E-state index in [1.165, 1.54) is 4.88 Å². The largest absolute Gasteiger partial charge is 0.338 e. The van der Waals surface area contributed by atoms with Crippen LogP contribution in [0.5, 0.6) is 0 Å². The second kappa shape index (κ2) is 8.27. The molecule has 0 unspecified atom stereocenters. The van der Waals surface area contributed by atoms with E-state index in [2.05, 4.69) is 27.0 Å². The van der Waals surface area contributed by atoms with E-state index in [9.17, 15) is 9.59 Å². The van der Waals surface area contributed by atoms with Gasteiger partial charge in [-0.2, -0.15) is 0 Å². The third-order valence-corrected chi connectivity index (χ3v) is 5.41. The first-order valence-electron chi connectivity index (χ1n) is 8.63. The van der Waals surface area contributed by atoms with Gasteiger partial charge in [0.05, 0.1) is 0 Å². The third kappa shape index (κ3) is 4.08. The molecule has 3 amide bonds. The van der Waals surface area contributed by atoms with Gasteiger partial charge < -0.3 is 5.32 Å². The Balaban J connectivity index is 1.88. The van der Waals surface area contributed by atoms with Crippen LogP contribution in [-0.2, 0) is 4.79 Å². The van der Waals surface area contributed by atoms with Gasteiger partial charge >= 0.3 is 6.03 Å². The van der Waals surface area contributed by atoms with Crippen LogP contribution in [0.2, 0.25) is 0 Å². The number of likely N-dealkylation sites (tertiary alicyclic amines) is 1. The highest BCUT2D eigenvalue weighted by molar-refractivity contribution is 7.10. The van der Waals surface area contributed by atoms with Gasteiger partial charge in [-0.25, -0.2) is 4.79 Å². The number of urea groups is 1. The van der Waals surface area contributed by atoms with E-state index in [0.717, 1.165) is 24.9 Å². The quantitative estimate of drug-likeness (QED) is 0.861. The Kier molecular flexibility index (Phi) is 5.83. The van der Waals surface area contributed by atoms with Crippen LogP contribution in [0.3, 0.4) is 0 Å². The molecule has 2 atom stereocenters. The fourth-order valence-electron chi connectivity index (χ4n) is 3.40. The van der Waals surface area contributed by atoms with E-state index >= 15 is 0 Å². The highest BCUT2D eigenvalue weighted by atomic mass is 32.1. The normalized spacial score (nSPS) is 18.7. The first-order valence-corrected chi connectivity index (χ1v) is 9.51. The van der Waals surface area contributed by atoms with E-state index < -0.39 is 12.1 Å². The molecule has 1 aliphatic heterocycles. The number of carbonyl (C=O) groups is 2. The molecule has 1 aromatic heterocycles. The van der Waals surface area contributed by atoms with Crippen molar-refractivity contribution in [1.82, 2.24) is 15.5 Å². The number of imide groups is 1. The van der Waals surface area contributed by atoms with Crippen molar-refractivity contribution in [2.75, 3.05) is 13.1 Å². The van der Waals surface area contributed by atoms with Crippen LogP contribution in [0.1, 0.15) is 42.3 Å². The van der Waals surface area contributed by atoms with E-state index in [1.807, 2.05) is 43.3 Å². The molecule has 2 heterocycles. The summed E-state index contributed by atoms with van der Waals surface area (Å²) in [5, 5.41) is 7.19. The zero-order chi connectivity index (χ0) is 17.6. The molecule has 1 saturated heterocycles. The molecule has 1 fully saturated rings. The maximum atomic E-state index is 12.9. The molecule has 6 heteroatoms. The summed E-state index contributed by atoms with van der Waals surface area (Å²) in [5.74, 6) is -0.277. The van der Waals surface area contributed by atoms with Crippen molar-refractivity contribution in [1.29, 1.82) is 0 Å². The summed E-state index contributed by atoms with van der Waals surface area (Å²) in [5.41, 5.74) is 0.910. The molecule has 25 heavy (non-hydrogen) atoms. The second-order valence-electron chi connectivity index (χ2n) is 6.07. The van der Waals surface area contributed by atoms with Crippen LogP contribution in [-0.4, -0.2) is 29.9 Å². The number of benzene rings is 1. The van der Waals surface area contributed by atoms with Crippen molar-refractivity contribution in [3.05, 3.63) is 58.3 Å². The van der Waals surface area contributed by atoms with Crippen molar-refractivity contribution < 1.29 is 9.59 Å². The lowest BCUT2D eigenvalue weighted by atomic mass is 10.0. The number of hydrogen-bond donors (Lipinski definition) is 2. The van der Waals surface area contributed by atoms with Crippen molar-refractivity contribution in [2.24, 2.45) is 0 Å². The summed E-state index contributed by atoms with van der Waals surface area (Å²) in [7, 11) is 0. The Labute approximate surface area is 152 Å². The van der Waals surface area contributed by atoms with Crippen LogP contribution in [0, 0.1) is 0 Å². The van der Waals surface area contributed by atoms with E-state index in [-0.39, 0.29) is 11.9 Å². The number of hydrogen-bond acceptors (Lipinski definition) is 4. The number of nitrogens with one attached hydrogen (secondary N) is 2. The monoisotopic (exact) mass is 357 g/mol. The molecule has 0 bridgehead atoms. The number of carbonyl (C=O) groups excluding carboxylic acids is 2. The molecular weight excluding hydrogens is 334 g/mol. The zero-order valence-electron chi connectivity index (χ0n) is 14.3. The van der Waals surface area contributed by atoms with E-state index in [1.54, 1.807) is 11.3 Å². The van der Waals surface area contributed by atoms with Crippen LogP contribution in [0.25, 0.3) is 0 Å². The number of amides is 3. The second-order valence-corrected chi connectivity index (χ2v) is 7.05. The fourth-order valence-corrected chi connectivity index (χ4v) is 4.28. The SMILES string of the molecule is CCNC(=O)NC(=O)[C@@H](c1ccccc1)N1CCC[C@@H]1c1cccs1. The summed E-state index contributed by atoms with van der Waals surface area (Å²) in [4.78, 5) is 28.3. The van der Waals surface area contributed by atoms with Gasteiger partial charge in [-0.05, 0) is 43.3 Å². The Hall–Kier alpha value is -2.18. The molecule has 0 spiro atoms. The summed E-state index contributed by atoms with van der Waals surface area (Å²) < 4.78 is 0. The Morgan fingerprint density at radius 1 is 1.24 bits per heavy atom. The van der Waals surface area contributed by atoms with E-state index in [0.29, 0.717) is 6.54 Å². The molecule has 132 valence electrons. The van der Waals surface area contributed by atoms with Gasteiger partial charge in [0.1, 0.15) is 6.04 Å². The molecule has 5 nitrogen and oxygen atoms in total. The summed E-state index contributed by atoms with van der Waals surface area (Å²) >= 11 is 1.72. The smallest absolute Gasteiger partial charge is 0.321 e. The standard InChI is InChI=1S/C19H23N3O2S/c1-2-20-19(24)21-18(23)17(14-8-4-3-5-9-14)22-12-6-10-15(22)16-11-7-13-25-16/h3-5,7-9,11,13,15,17H,2,6,10,12H2,1H3,(H2,20,21,23,24)/t15-,17-/m1/s1. The average Bonchev–Trinajstić information content (AvgIpc) is 3.27. The minimum atomic E-state index is -0.474. The van der Waals surface area contributed by atoms with Gasteiger partial charge in [0.15, 0.2) is 0 Å². The van der Waals surface area contributed by atoms with Crippen LogP contribution < -0.4 is 10.6 Å². The first kappa shape index (κ1) is 17.6. The van der Waals surface area contributed by atoms with Gasteiger partial charge in [-0.3, -0.25) is 15.0 Å². The van der Waals surface area contributed by atoms with Gasteiger partial charge in [0, 0.05) is 17.5 Å². The minimum Gasteiger partial charge on any atom is -0.338 e. The van der Waals surface area contributed by atoms with E-state index in [4.69, 9.17) is 0 Å². The number of nitrogens with zero attached hydrogens (tertiary/aromatic N) is 1. The predicted molar refractivity (Wildman–Crippen MR) is 99.4 cm³/mol. The molecule has 0 radical (unpaired) electrons. The maximum absolute atomic E-state index is 12.9. The van der Waals surface area contributed by atoms with Crippen LogP contribution >= 0.6 is 11.3 Å². The summed E-state index contributed by atoms with van der Waals surface area (Å²) in [6.45, 7) is 3.15. The third-order valence-electron chi connectivity index (χ3n) is 4.44. The van der Waals surface area contributed by atoms with Crippen LogP contribution in [0.15, 0.2) is 47.8 Å². The number of rotatable bonds is 5. The van der Waals surface area contributed by atoms with Gasteiger partial charge in [0.25, 0.3) is 0 Å². The van der Waals surface area contributed by atoms with Gasteiger partial charge in [-0.15, -0.1) is 11.3 Å². The lowest BCUT2D eigenvalue weighted by Gasteiger charge is -2.32. The zero-order valence-corrected chi connectivity index (χ0v) is 15.1. The summed E-state index contributed by atoms with van der Waals surface area (Å²) in [6, 6.07) is 13.2. The highest BCUT2D eigenvalue weighted by Crippen LogP contribution is 2.40. The van der Waals surface area contributed by atoms with Crippen molar-refractivity contribution in [3.63, 3.8) is 0 Å². The van der Waals surface area contributed by atoms with Crippen molar-refractivity contribution in [2.45, 2.75) is 31.8 Å². The lowest BCUT2D eigenvalue weighted by Crippen LogP contribution is -2.46.